The fraction of sp³-hybridized carbons (Fsp3) is 0.412. The SMILES string of the molecule is CCN(CC1COc2ccccc2O1)C(=O)Cc1csc(C)n1. The summed E-state index contributed by atoms with van der Waals surface area (Å²) in [5.41, 5.74) is 0.835. The van der Waals surface area contributed by atoms with Gasteiger partial charge in [0.1, 0.15) is 6.61 Å². The number of hydrogen-bond acceptors (Lipinski definition) is 5. The Morgan fingerprint density at radius 1 is 1.39 bits per heavy atom. The number of rotatable bonds is 5. The van der Waals surface area contributed by atoms with Gasteiger partial charge < -0.3 is 14.4 Å². The van der Waals surface area contributed by atoms with Crippen molar-refractivity contribution >= 4 is 17.2 Å². The molecule has 1 aliphatic heterocycles. The van der Waals surface area contributed by atoms with Crippen molar-refractivity contribution in [2.45, 2.75) is 26.4 Å². The third kappa shape index (κ3) is 3.82. The van der Waals surface area contributed by atoms with Crippen LogP contribution in [0.4, 0.5) is 0 Å². The first-order chi connectivity index (χ1) is 11.2. The number of aromatic nitrogens is 1. The Bertz CT molecular complexity index is 686. The number of amides is 1. The summed E-state index contributed by atoms with van der Waals surface area (Å²) in [5, 5.41) is 2.92. The fourth-order valence-corrected chi connectivity index (χ4v) is 3.17. The zero-order chi connectivity index (χ0) is 16.2. The fourth-order valence-electron chi connectivity index (χ4n) is 2.56. The van der Waals surface area contributed by atoms with Crippen molar-refractivity contribution in [2.75, 3.05) is 19.7 Å². The maximum atomic E-state index is 12.5. The number of fused-ring (bicyclic) bond motifs is 1. The molecule has 23 heavy (non-hydrogen) atoms. The first-order valence-electron chi connectivity index (χ1n) is 7.73. The van der Waals surface area contributed by atoms with E-state index in [1.807, 2.05) is 43.5 Å². The number of carbonyl (C=O) groups excluding carboxylic acids is 1. The molecule has 0 aliphatic carbocycles. The lowest BCUT2D eigenvalue weighted by atomic mass is 10.2. The van der Waals surface area contributed by atoms with Crippen molar-refractivity contribution in [3.8, 4) is 11.5 Å². The normalized spacial score (nSPS) is 16.2. The predicted molar refractivity (Wildman–Crippen MR) is 89.2 cm³/mol. The molecule has 1 atom stereocenters. The van der Waals surface area contributed by atoms with E-state index in [9.17, 15) is 4.79 Å². The molecule has 3 rings (SSSR count). The minimum Gasteiger partial charge on any atom is -0.486 e. The summed E-state index contributed by atoms with van der Waals surface area (Å²) in [6.45, 7) is 5.54. The predicted octanol–water partition coefficient (Wildman–Crippen LogP) is 2.68. The van der Waals surface area contributed by atoms with Gasteiger partial charge in [-0.1, -0.05) is 12.1 Å². The molecule has 1 unspecified atom stereocenters. The van der Waals surface area contributed by atoms with Crippen molar-refractivity contribution in [1.29, 1.82) is 0 Å². The first-order valence-corrected chi connectivity index (χ1v) is 8.61. The Hall–Kier alpha value is -2.08. The van der Waals surface area contributed by atoms with E-state index in [-0.39, 0.29) is 12.0 Å². The van der Waals surface area contributed by atoms with Gasteiger partial charge in [0.15, 0.2) is 17.6 Å². The van der Waals surface area contributed by atoms with Crippen molar-refractivity contribution in [2.24, 2.45) is 0 Å². The minimum atomic E-state index is -0.147. The third-order valence-electron chi connectivity index (χ3n) is 3.72. The number of carbonyl (C=O) groups is 1. The average molecular weight is 332 g/mol. The summed E-state index contributed by atoms with van der Waals surface area (Å²) in [6.07, 6.45) is 0.188. The number of hydrogen-bond donors (Lipinski definition) is 0. The van der Waals surface area contributed by atoms with Gasteiger partial charge in [-0.15, -0.1) is 11.3 Å². The molecule has 1 amide bonds. The molecule has 122 valence electrons. The summed E-state index contributed by atoms with van der Waals surface area (Å²) in [4.78, 5) is 18.6. The Labute approximate surface area is 139 Å². The van der Waals surface area contributed by atoms with Crippen LogP contribution in [0.15, 0.2) is 29.6 Å². The van der Waals surface area contributed by atoms with E-state index < -0.39 is 0 Å². The Morgan fingerprint density at radius 2 is 2.17 bits per heavy atom. The highest BCUT2D eigenvalue weighted by Crippen LogP contribution is 2.31. The third-order valence-corrected chi connectivity index (χ3v) is 4.55. The first kappa shape index (κ1) is 15.8. The standard InChI is InChI=1S/C17H20N2O3S/c1-3-19(17(20)8-13-11-23-12(2)18-13)9-14-10-21-15-6-4-5-7-16(15)22-14/h4-7,11,14H,3,8-10H2,1-2H3. The number of para-hydroxylation sites is 2. The quantitative estimate of drug-likeness (QED) is 0.845. The van der Waals surface area contributed by atoms with Crippen molar-refractivity contribution in [3.63, 3.8) is 0 Å². The van der Waals surface area contributed by atoms with Crippen molar-refractivity contribution < 1.29 is 14.3 Å². The number of ether oxygens (including phenoxy) is 2. The lowest BCUT2D eigenvalue weighted by Crippen LogP contribution is -2.44. The number of thiazole rings is 1. The molecule has 5 nitrogen and oxygen atoms in total. The molecule has 0 N–H and O–H groups in total. The van der Waals surface area contributed by atoms with Gasteiger partial charge in [-0.2, -0.15) is 0 Å². The van der Waals surface area contributed by atoms with Gasteiger partial charge in [-0.25, -0.2) is 4.98 Å². The van der Waals surface area contributed by atoms with E-state index in [4.69, 9.17) is 9.47 Å². The largest absolute Gasteiger partial charge is 0.486 e. The highest BCUT2D eigenvalue weighted by molar-refractivity contribution is 7.09. The van der Waals surface area contributed by atoms with E-state index in [1.54, 1.807) is 16.2 Å². The molecule has 0 fully saturated rings. The minimum absolute atomic E-state index is 0.0697. The van der Waals surface area contributed by atoms with Crippen LogP contribution in [0.1, 0.15) is 17.6 Å². The second kappa shape index (κ2) is 7.00. The second-order valence-electron chi connectivity index (χ2n) is 5.46. The number of aryl methyl sites for hydroxylation is 1. The lowest BCUT2D eigenvalue weighted by Gasteiger charge is -2.30. The number of nitrogens with zero attached hydrogens (tertiary/aromatic N) is 2. The molecule has 2 heterocycles. The molecule has 1 aromatic carbocycles. The van der Waals surface area contributed by atoms with Crippen LogP contribution in [-0.4, -0.2) is 41.6 Å². The maximum Gasteiger partial charge on any atom is 0.228 e. The Balaban J connectivity index is 1.60. The topological polar surface area (TPSA) is 51.7 Å². The van der Waals surface area contributed by atoms with E-state index >= 15 is 0 Å². The molecular formula is C17H20N2O3S. The van der Waals surface area contributed by atoms with E-state index in [0.717, 1.165) is 22.2 Å². The molecule has 6 heteroatoms. The van der Waals surface area contributed by atoms with Crippen LogP contribution in [0.5, 0.6) is 11.5 Å². The molecular weight excluding hydrogens is 312 g/mol. The summed E-state index contributed by atoms with van der Waals surface area (Å²) < 4.78 is 11.6. The smallest absolute Gasteiger partial charge is 0.228 e. The summed E-state index contributed by atoms with van der Waals surface area (Å²) >= 11 is 1.57. The van der Waals surface area contributed by atoms with Gasteiger partial charge in [0.25, 0.3) is 0 Å². The molecule has 0 bridgehead atoms. The zero-order valence-electron chi connectivity index (χ0n) is 13.3. The van der Waals surface area contributed by atoms with Gasteiger partial charge in [0.2, 0.25) is 5.91 Å². The van der Waals surface area contributed by atoms with E-state index in [2.05, 4.69) is 4.98 Å². The number of benzene rings is 1. The molecule has 0 saturated heterocycles. The van der Waals surface area contributed by atoms with Gasteiger partial charge in [-0.05, 0) is 26.0 Å². The van der Waals surface area contributed by atoms with Crippen LogP contribution in [0.3, 0.4) is 0 Å². The van der Waals surface area contributed by atoms with Gasteiger partial charge in [0.05, 0.1) is 23.7 Å². The van der Waals surface area contributed by atoms with Crippen molar-refractivity contribution in [1.82, 2.24) is 9.88 Å². The summed E-state index contributed by atoms with van der Waals surface area (Å²) in [6, 6.07) is 7.61. The van der Waals surface area contributed by atoms with Crippen LogP contribution in [-0.2, 0) is 11.2 Å². The molecule has 1 aliphatic rings. The highest BCUT2D eigenvalue weighted by atomic mass is 32.1. The van der Waals surface area contributed by atoms with E-state index in [0.29, 0.717) is 26.1 Å². The van der Waals surface area contributed by atoms with Crippen LogP contribution in [0.25, 0.3) is 0 Å². The summed E-state index contributed by atoms with van der Waals surface area (Å²) in [7, 11) is 0. The molecule has 0 saturated carbocycles. The van der Waals surface area contributed by atoms with Gasteiger partial charge >= 0.3 is 0 Å². The van der Waals surface area contributed by atoms with Gasteiger partial charge in [-0.3, -0.25) is 4.79 Å². The van der Waals surface area contributed by atoms with Gasteiger partial charge in [0, 0.05) is 11.9 Å². The molecule has 0 spiro atoms. The van der Waals surface area contributed by atoms with Crippen molar-refractivity contribution in [3.05, 3.63) is 40.3 Å². The lowest BCUT2D eigenvalue weighted by molar-refractivity contribution is -0.131. The van der Waals surface area contributed by atoms with Crippen LogP contribution >= 0.6 is 11.3 Å². The zero-order valence-corrected chi connectivity index (χ0v) is 14.1. The van der Waals surface area contributed by atoms with E-state index in [1.165, 1.54) is 0 Å². The monoisotopic (exact) mass is 332 g/mol. The Morgan fingerprint density at radius 3 is 2.87 bits per heavy atom. The Kier molecular flexibility index (Phi) is 4.81. The van der Waals surface area contributed by atoms with Crippen LogP contribution in [0.2, 0.25) is 0 Å². The van der Waals surface area contributed by atoms with Crippen LogP contribution in [0, 0.1) is 6.92 Å². The number of likely N-dealkylation sites (N-methyl/N-ethyl adjacent to an activating group) is 1. The molecule has 1 aromatic heterocycles. The highest BCUT2D eigenvalue weighted by Gasteiger charge is 2.25. The maximum absolute atomic E-state index is 12.5. The molecule has 0 radical (unpaired) electrons. The summed E-state index contributed by atoms with van der Waals surface area (Å²) in [5.74, 6) is 1.57. The second-order valence-corrected chi connectivity index (χ2v) is 6.53. The van der Waals surface area contributed by atoms with Crippen LogP contribution < -0.4 is 9.47 Å². The average Bonchev–Trinajstić information content (AvgIpc) is 2.97. The molecule has 2 aromatic rings.